The Hall–Kier alpha value is -2.56. The second kappa shape index (κ2) is 3.22. The van der Waals surface area contributed by atoms with Gasteiger partial charge in [-0.1, -0.05) is 24.3 Å². The van der Waals surface area contributed by atoms with Crippen LogP contribution in [-0.4, -0.2) is 21.2 Å². The molecular weight excluding hydrogens is 232 g/mol. The number of anilines is 1. The molecule has 1 aromatic carbocycles. The first-order chi connectivity index (χ1) is 8.54. The summed E-state index contributed by atoms with van der Waals surface area (Å²) in [6.07, 6.45) is 0. The molecule has 1 aliphatic carbocycles. The van der Waals surface area contributed by atoms with Gasteiger partial charge >= 0.3 is 0 Å². The van der Waals surface area contributed by atoms with Crippen molar-refractivity contribution in [3.05, 3.63) is 46.6 Å². The predicted molar refractivity (Wildman–Crippen MR) is 64.8 cm³/mol. The van der Waals surface area contributed by atoms with Crippen molar-refractivity contribution in [2.75, 3.05) is 5.73 Å². The molecule has 0 unspecified atom stereocenters. The average molecular weight is 242 g/mol. The van der Waals surface area contributed by atoms with Crippen LogP contribution >= 0.6 is 0 Å². The van der Waals surface area contributed by atoms with Crippen molar-refractivity contribution in [2.24, 2.45) is 7.05 Å². The van der Waals surface area contributed by atoms with E-state index in [1.54, 1.807) is 24.3 Å². The minimum atomic E-state index is -0.325. The van der Waals surface area contributed by atoms with Gasteiger partial charge < -0.3 is 15.4 Å². The van der Waals surface area contributed by atoms with Crippen LogP contribution in [-0.2, 0) is 7.05 Å². The SMILES string of the molecule is Cn1c(O)c(N)c2c1C(=O)c1ccccc1C2=O. The van der Waals surface area contributed by atoms with E-state index >= 15 is 0 Å². The minimum Gasteiger partial charge on any atom is -0.493 e. The fourth-order valence-corrected chi connectivity index (χ4v) is 2.33. The van der Waals surface area contributed by atoms with E-state index in [2.05, 4.69) is 0 Å². The fraction of sp³-hybridized carbons (Fsp3) is 0.0769. The van der Waals surface area contributed by atoms with Gasteiger partial charge in [-0.2, -0.15) is 0 Å². The van der Waals surface area contributed by atoms with Crippen LogP contribution in [0.15, 0.2) is 24.3 Å². The molecule has 0 fully saturated rings. The van der Waals surface area contributed by atoms with Crippen molar-refractivity contribution < 1.29 is 14.7 Å². The summed E-state index contributed by atoms with van der Waals surface area (Å²) in [6, 6.07) is 6.57. The number of hydrogen-bond acceptors (Lipinski definition) is 4. The highest BCUT2D eigenvalue weighted by atomic mass is 16.3. The third kappa shape index (κ3) is 1.05. The Kier molecular flexibility index (Phi) is 1.90. The molecule has 2 aromatic rings. The van der Waals surface area contributed by atoms with Gasteiger partial charge in [-0.25, -0.2) is 0 Å². The Labute approximate surface area is 102 Å². The fourth-order valence-electron chi connectivity index (χ4n) is 2.33. The van der Waals surface area contributed by atoms with Gasteiger partial charge in [0.1, 0.15) is 11.4 Å². The molecule has 0 atom stereocenters. The van der Waals surface area contributed by atoms with Crippen LogP contribution < -0.4 is 5.73 Å². The van der Waals surface area contributed by atoms with Crippen molar-refractivity contribution in [3.63, 3.8) is 0 Å². The summed E-state index contributed by atoms with van der Waals surface area (Å²) in [6.45, 7) is 0. The first-order valence-electron chi connectivity index (χ1n) is 5.39. The monoisotopic (exact) mass is 242 g/mol. The van der Waals surface area contributed by atoms with Gasteiger partial charge in [-0.05, 0) is 0 Å². The van der Waals surface area contributed by atoms with E-state index < -0.39 is 0 Å². The number of nitrogens with zero attached hydrogens (tertiary/aromatic N) is 1. The molecule has 1 aliphatic rings. The van der Waals surface area contributed by atoms with Gasteiger partial charge in [0.25, 0.3) is 0 Å². The van der Waals surface area contributed by atoms with Crippen molar-refractivity contribution in [3.8, 4) is 5.88 Å². The number of carbonyl (C=O) groups excluding carboxylic acids is 2. The van der Waals surface area contributed by atoms with Crippen molar-refractivity contribution in [1.29, 1.82) is 0 Å². The lowest BCUT2D eigenvalue weighted by Gasteiger charge is -2.15. The third-order valence-electron chi connectivity index (χ3n) is 3.26. The molecule has 1 aromatic heterocycles. The van der Waals surface area contributed by atoms with Crippen molar-refractivity contribution in [2.45, 2.75) is 0 Å². The molecule has 5 heteroatoms. The standard InChI is InChI=1S/C13H10N2O3/c1-15-10-8(9(14)13(15)18)11(16)6-4-2-3-5-7(6)12(10)17/h2-5,18H,14H2,1H3. The molecule has 1 heterocycles. The van der Waals surface area contributed by atoms with Crippen LogP contribution in [0.4, 0.5) is 5.69 Å². The van der Waals surface area contributed by atoms with Gasteiger partial charge in [0.15, 0.2) is 5.78 Å². The highest BCUT2D eigenvalue weighted by Gasteiger charge is 2.36. The van der Waals surface area contributed by atoms with Crippen LogP contribution in [0.2, 0.25) is 0 Å². The molecule has 0 radical (unpaired) electrons. The second-order valence-electron chi connectivity index (χ2n) is 4.22. The zero-order valence-electron chi connectivity index (χ0n) is 9.60. The highest BCUT2D eigenvalue weighted by molar-refractivity contribution is 6.30. The second-order valence-corrected chi connectivity index (χ2v) is 4.22. The van der Waals surface area contributed by atoms with E-state index in [9.17, 15) is 14.7 Å². The summed E-state index contributed by atoms with van der Waals surface area (Å²) in [7, 11) is 1.50. The third-order valence-corrected chi connectivity index (χ3v) is 3.26. The average Bonchev–Trinajstić information content (AvgIpc) is 2.61. The van der Waals surface area contributed by atoms with Crippen LogP contribution in [0.3, 0.4) is 0 Å². The number of aromatic hydroxyl groups is 1. The molecular formula is C13H10N2O3. The van der Waals surface area contributed by atoms with Crippen molar-refractivity contribution in [1.82, 2.24) is 4.57 Å². The molecule has 0 saturated heterocycles. The number of aromatic nitrogens is 1. The summed E-state index contributed by atoms with van der Waals surface area (Å²) in [5.74, 6) is -0.877. The molecule has 0 amide bonds. The molecule has 0 bridgehead atoms. The summed E-state index contributed by atoms with van der Waals surface area (Å²) in [5.41, 5.74) is 6.56. The lowest BCUT2D eigenvalue weighted by Crippen LogP contribution is -2.22. The Morgan fingerprint density at radius 1 is 1.11 bits per heavy atom. The molecule has 3 rings (SSSR count). The molecule has 90 valence electrons. The topological polar surface area (TPSA) is 85.3 Å². The number of hydrogen-bond donors (Lipinski definition) is 2. The molecule has 0 aliphatic heterocycles. The normalized spacial score (nSPS) is 13.4. The Balaban J connectivity index is 2.41. The Morgan fingerprint density at radius 2 is 1.67 bits per heavy atom. The lowest BCUT2D eigenvalue weighted by atomic mass is 9.87. The molecule has 18 heavy (non-hydrogen) atoms. The highest BCUT2D eigenvalue weighted by Crippen LogP contribution is 2.37. The van der Waals surface area contributed by atoms with E-state index in [1.807, 2.05) is 0 Å². The molecule has 0 spiro atoms. The number of fused-ring (bicyclic) bond motifs is 2. The number of carbonyl (C=O) groups is 2. The maximum absolute atomic E-state index is 12.3. The summed E-state index contributed by atoms with van der Waals surface area (Å²) >= 11 is 0. The molecule has 3 N–H and O–H groups in total. The van der Waals surface area contributed by atoms with Crippen molar-refractivity contribution >= 4 is 17.3 Å². The number of ketones is 2. The first kappa shape index (κ1) is 10.6. The lowest BCUT2D eigenvalue weighted by molar-refractivity contribution is 0.0974. The van der Waals surface area contributed by atoms with E-state index in [0.29, 0.717) is 11.1 Å². The van der Waals surface area contributed by atoms with Gasteiger partial charge in [-0.3, -0.25) is 9.59 Å². The van der Waals surface area contributed by atoms with Crippen LogP contribution in [0.1, 0.15) is 32.0 Å². The number of nitrogen functional groups attached to an aromatic ring is 1. The number of benzene rings is 1. The van der Waals surface area contributed by atoms with Gasteiger partial charge in [-0.15, -0.1) is 0 Å². The number of nitrogens with two attached hydrogens (primary N) is 1. The smallest absolute Gasteiger partial charge is 0.216 e. The first-order valence-corrected chi connectivity index (χ1v) is 5.39. The van der Waals surface area contributed by atoms with Crippen LogP contribution in [0.5, 0.6) is 5.88 Å². The Bertz CT molecular complexity index is 655. The van der Waals surface area contributed by atoms with E-state index in [4.69, 9.17) is 5.73 Å². The zero-order valence-corrected chi connectivity index (χ0v) is 9.60. The van der Waals surface area contributed by atoms with Gasteiger partial charge in [0.2, 0.25) is 11.7 Å². The van der Waals surface area contributed by atoms with Gasteiger partial charge in [0, 0.05) is 18.2 Å². The summed E-state index contributed by atoms with van der Waals surface area (Å²) < 4.78 is 1.25. The maximum atomic E-state index is 12.3. The quantitative estimate of drug-likeness (QED) is 0.618. The number of rotatable bonds is 0. The zero-order chi connectivity index (χ0) is 13.0. The minimum absolute atomic E-state index is 0.0413. The Morgan fingerprint density at radius 3 is 2.28 bits per heavy atom. The largest absolute Gasteiger partial charge is 0.493 e. The predicted octanol–water partition coefficient (Wildman–Crippen LogP) is 1.09. The van der Waals surface area contributed by atoms with Crippen LogP contribution in [0.25, 0.3) is 0 Å². The molecule has 5 nitrogen and oxygen atoms in total. The van der Waals surface area contributed by atoms with E-state index in [0.717, 1.165) is 0 Å². The summed E-state index contributed by atoms with van der Waals surface area (Å²) in [4.78, 5) is 24.6. The van der Waals surface area contributed by atoms with E-state index in [1.165, 1.54) is 11.6 Å². The van der Waals surface area contributed by atoms with Crippen LogP contribution in [0, 0.1) is 0 Å². The van der Waals surface area contributed by atoms with Gasteiger partial charge in [0.05, 0.1) is 5.56 Å². The summed E-state index contributed by atoms with van der Waals surface area (Å²) in [5, 5.41) is 9.75. The maximum Gasteiger partial charge on any atom is 0.216 e. The van der Waals surface area contributed by atoms with E-state index in [-0.39, 0.29) is 34.4 Å². The molecule has 0 saturated carbocycles.